The average molecular weight is 410 g/mol. The highest BCUT2D eigenvalue weighted by atomic mass is 32.1. The van der Waals surface area contributed by atoms with Crippen molar-refractivity contribution < 1.29 is 14.1 Å². The first-order valence-corrected chi connectivity index (χ1v) is 10.6. The number of nitrogens with one attached hydrogen (secondary N) is 1. The van der Waals surface area contributed by atoms with E-state index in [4.69, 9.17) is 4.52 Å². The Hall–Kier alpha value is -3.00. The lowest BCUT2D eigenvalue weighted by Crippen LogP contribution is -2.39. The smallest absolute Gasteiger partial charge is 0.254 e. The minimum atomic E-state index is -0.0477. The van der Waals surface area contributed by atoms with Crippen LogP contribution >= 0.6 is 11.3 Å². The van der Waals surface area contributed by atoms with Crippen molar-refractivity contribution in [1.82, 2.24) is 15.0 Å². The molecule has 150 valence electrons. The summed E-state index contributed by atoms with van der Waals surface area (Å²) in [5.74, 6) is 1.05. The Bertz CT molecular complexity index is 999. The fraction of sp³-hybridized carbons (Fsp3) is 0.333. The van der Waals surface area contributed by atoms with Crippen molar-refractivity contribution in [2.24, 2.45) is 0 Å². The topological polar surface area (TPSA) is 88.3 Å². The Balaban J connectivity index is 1.48. The fourth-order valence-corrected chi connectivity index (χ4v) is 4.07. The first kappa shape index (κ1) is 19.3. The predicted octanol–water partition coefficient (Wildman–Crippen LogP) is 4.17. The minimum Gasteiger partial charge on any atom is -0.339 e. The van der Waals surface area contributed by atoms with E-state index in [1.165, 1.54) is 11.3 Å². The van der Waals surface area contributed by atoms with Gasteiger partial charge in [0, 0.05) is 36.1 Å². The van der Waals surface area contributed by atoms with Crippen molar-refractivity contribution in [3.63, 3.8) is 0 Å². The van der Waals surface area contributed by atoms with Crippen LogP contribution in [0.25, 0.3) is 11.4 Å². The summed E-state index contributed by atoms with van der Waals surface area (Å²) in [4.78, 5) is 30.7. The van der Waals surface area contributed by atoms with E-state index in [0.29, 0.717) is 30.4 Å². The van der Waals surface area contributed by atoms with E-state index >= 15 is 0 Å². The third-order valence-electron chi connectivity index (χ3n) is 4.99. The molecule has 29 heavy (non-hydrogen) atoms. The fourth-order valence-electron chi connectivity index (χ4n) is 3.44. The normalized spacial score (nSPS) is 16.6. The number of thiophene rings is 1. The van der Waals surface area contributed by atoms with Gasteiger partial charge in [-0.15, -0.1) is 0 Å². The van der Waals surface area contributed by atoms with Gasteiger partial charge in [-0.2, -0.15) is 16.3 Å². The average Bonchev–Trinajstić information content (AvgIpc) is 3.46. The van der Waals surface area contributed by atoms with Gasteiger partial charge in [0.1, 0.15) is 0 Å². The highest BCUT2D eigenvalue weighted by Gasteiger charge is 2.29. The van der Waals surface area contributed by atoms with Gasteiger partial charge in [-0.05, 0) is 36.4 Å². The molecule has 3 aromatic rings. The van der Waals surface area contributed by atoms with Crippen molar-refractivity contribution in [3.05, 3.63) is 52.5 Å². The Morgan fingerprint density at radius 1 is 1.34 bits per heavy atom. The van der Waals surface area contributed by atoms with Gasteiger partial charge in [0.2, 0.25) is 17.6 Å². The van der Waals surface area contributed by atoms with Crippen molar-refractivity contribution in [1.29, 1.82) is 0 Å². The molecule has 0 bridgehead atoms. The molecule has 1 aliphatic heterocycles. The molecular formula is C21H22N4O3S. The van der Waals surface area contributed by atoms with Crippen LogP contribution in [-0.4, -0.2) is 39.9 Å². The van der Waals surface area contributed by atoms with Crippen LogP contribution in [-0.2, 0) is 4.79 Å². The number of amides is 2. The third-order valence-corrected chi connectivity index (χ3v) is 5.68. The number of nitrogens with zero attached hydrogens (tertiary/aromatic N) is 3. The number of carbonyl (C=O) groups excluding carboxylic acids is 2. The molecule has 0 saturated carbocycles. The van der Waals surface area contributed by atoms with Crippen LogP contribution in [0, 0.1) is 0 Å². The molecule has 0 unspecified atom stereocenters. The maximum Gasteiger partial charge on any atom is 0.254 e. The molecule has 1 aromatic carbocycles. The van der Waals surface area contributed by atoms with E-state index < -0.39 is 0 Å². The molecule has 2 amide bonds. The highest BCUT2D eigenvalue weighted by Crippen LogP contribution is 2.29. The molecule has 1 fully saturated rings. The molecule has 0 spiro atoms. The van der Waals surface area contributed by atoms with E-state index in [9.17, 15) is 9.59 Å². The van der Waals surface area contributed by atoms with Gasteiger partial charge >= 0.3 is 0 Å². The predicted molar refractivity (Wildman–Crippen MR) is 111 cm³/mol. The second-order valence-corrected chi connectivity index (χ2v) is 7.82. The Labute approximate surface area is 172 Å². The van der Waals surface area contributed by atoms with E-state index in [1.54, 1.807) is 6.92 Å². The lowest BCUT2D eigenvalue weighted by Gasteiger charge is -2.30. The molecular weight excluding hydrogens is 388 g/mol. The number of rotatable bonds is 5. The quantitative estimate of drug-likeness (QED) is 0.682. The maximum absolute atomic E-state index is 12.6. The van der Waals surface area contributed by atoms with Gasteiger partial charge in [0.05, 0.1) is 11.5 Å². The number of hydrogen-bond acceptors (Lipinski definition) is 6. The maximum atomic E-state index is 12.6. The molecule has 1 saturated heterocycles. The highest BCUT2D eigenvalue weighted by molar-refractivity contribution is 7.08. The van der Waals surface area contributed by atoms with E-state index in [-0.39, 0.29) is 17.7 Å². The molecule has 8 heteroatoms. The lowest BCUT2D eigenvalue weighted by atomic mass is 9.97. The first-order valence-electron chi connectivity index (χ1n) is 9.69. The number of hydrogen-bond donors (Lipinski definition) is 1. The van der Waals surface area contributed by atoms with Gasteiger partial charge in [-0.3, -0.25) is 9.59 Å². The van der Waals surface area contributed by atoms with Crippen LogP contribution in [0.5, 0.6) is 0 Å². The van der Waals surface area contributed by atoms with Crippen LogP contribution < -0.4 is 5.32 Å². The summed E-state index contributed by atoms with van der Waals surface area (Å²) >= 11 is 1.52. The SMILES string of the molecule is CCC(=O)Nc1cccc(-c2noc([C@@H]3CCCN(C(=O)c4ccsc4)C3)n2)c1. The van der Waals surface area contributed by atoms with Crippen LogP contribution in [0.3, 0.4) is 0 Å². The van der Waals surface area contributed by atoms with E-state index in [2.05, 4.69) is 15.5 Å². The number of anilines is 1. The monoisotopic (exact) mass is 410 g/mol. The van der Waals surface area contributed by atoms with Gasteiger partial charge in [-0.25, -0.2) is 0 Å². The minimum absolute atomic E-state index is 0.0237. The molecule has 7 nitrogen and oxygen atoms in total. The molecule has 2 aromatic heterocycles. The van der Waals surface area contributed by atoms with Crippen molar-refractivity contribution in [3.8, 4) is 11.4 Å². The van der Waals surface area contributed by atoms with Crippen molar-refractivity contribution in [2.45, 2.75) is 32.1 Å². The molecule has 1 aliphatic rings. The summed E-state index contributed by atoms with van der Waals surface area (Å²) in [6, 6.07) is 9.23. The zero-order valence-corrected chi connectivity index (χ0v) is 16.9. The molecule has 3 heterocycles. The summed E-state index contributed by atoms with van der Waals surface area (Å²) in [7, 11) is 0. The van der Waals surface area contributed by atoms with Crippen molar-refractivity contribution >= 4 is 28.8 Å². The largest absolute Gasteiger partial charge is 0.339 e. The van der Waals surface area contributed by atoms with Crippen molar-refractivity contribution in [2.75, 3.05) is 18.4 Å². The van der Waals surface area contributed by atoms with E-state index in [0.717, 1.165) is 30.5 Å². The van der Waals surface area contributed by atoms with E-state index in [1.807, 2.05) is 46.0 Å². The van der Waals surface area contributed by atoms with Crippen LogP contribution in [0.15, 0.2) is 45.6 Å². The first-order chi connectivity index (χ1) is 14.1. The van der Waals surface area contributed by atoms with Gasteiger partial charge in [-0.1, -0.05) is 24.2 Å². The number of aromatic nitrogens is 2. The molecule has 0 radical (unpaired) electrons. The zero-order valence-electron chi connectivity index (χ0n) is 16.1. The Morgan fingerprint density at radius 3 is 3.03 bits per heavy atom. The second-order valence-electron chi connectivity index (χ2n) is 7.04. The Kier molecular flexibility index (Phi) is 5.71. The zero-order chi connectivity index (χ0) is 20.2. The van der Waals surface area contributed by atoms with Crippen LogP contribution in [0.4, 0.5) is 5.69 Å². The number of likely N-dealkylation sites (tertiary alicyclic amines) is 1. The van der Waals surface area contributed by atoms with Gasteiger partial charge in [0.15, 0.2) is 0 Å². The number of benzene rings is 1. The number of piperidine rings is 1. The third kappa shape index (κ3) is 4.37. The molecule has 0 aliphatic carbocycles. The van der Waals surface area contributed by atoms with Crippen LogP contribution in [0.1, 0.15) is 48.4 Å². The summed E-state index contributed by atoms with van der Waals surface area (Å²) in [6.45, 7) is 3.12. The number of carbonyl (C=O) groups is 2. The molecule has 4 rings (SSSR count). The summed E-state index contributed by atoms with van der Waals surface area (Å²) in [6.07, 6.45) is 2.22. The summed E-state index contributed by atoms with van der Waals surface area (Å²) < 4.78 is 5.54. The van der Waals surface area contributed by atoms with Gasteiger partial charge in [0.25, 0.3) is 5.91 Å². The Morgan fingerprint density at radius 2 is 2.24 bits per heavy atom. The molecule has 1 atom stereocenters. The second kappa shape index (κ2) is 8.57. The summed E-state index contributed by atoms with van der Waals surface area (Å²) in [5, 5.41) is 10.7. The van der Waals surface area contributed by atoms with Crippen LogP contribution in [0.2, 0.25) is 0 Å². The summed E-state index contributed by atoms with van der Waals surface area (Å²) in [5.41, 5.74) is 2.20. The lowest BCUT2D eigenvalue weighted by molar-refractivity contribution is -0.115. The van der Waals surface area contributed by atoms with Gasteiger partial charge < -0.3 is 14.7 Å². The standard InChI is InChI=1S/C21H22N4O3S/c1-2-18(26)22-17-7-3-5-14(11-17)19-23-20(28-24-19)15-6-4-9-25(12-15)21(27)16-8-10-29-13-16/h3,5,7-8,10-11,13,15H,2,4,6,9,12H2,1H3,(H,22,26)/t15-/m1/s1. The molecule has 1 N–H and O–H groups in total.